The molecule has 0 N–H and O–H groups in total. The lowest BCUT2D eigenvalue weighted by Gasteiger charge is -2.46. The molecule has 2 aliphatic heterocycles. The highest BCUT2D eigenvalue weighted by atomic mass is 16.5. The van der Waals surface area contributed by atoms with E-state index in [1.807, 2.05) is 10.6 Å². The van der Waals surface area contributed by atoms with Gasteiger partial charge >= 0.3 is 5.97 Å². The molecule has 0 aliphatic carbocycles. The Morgan fingerprint density at radius 1 is 1.37 bits per heavy atom. The Labute approximate surface area is 157 Å². The zero-order valence-electron chi connectivity index (χ0n) is 15.8. The fourth-order valence-electron chi connectivity index (χ4n) is 4.70. The molecule has 0 saturated carbocycles. The van der Waals surface area contributed by atoms with Gasteiger partial charge < -0.3 is 13.7 Å². The first-order valence-electron chi connectivity index (χ1n) is 9.57. The summed E-state index contributed by atoms with van der Waals surface area (Å²) >= 11 is 0. The van der Waals surface area contributed by atoms with Crippen LogP contribution in [0.3, 0.4) is 0 Å². The van der Waals surface area contributed by atoms with Crippen LogP contribution in [0.5, 0.6) is 0 Å². The molecule has 2 aromatic rings. The Hall–Kier alpha value is -2.41. The van der Waals surface area contributed by atoms with Gasteiger partial charge in [-0.15, -0.1) is 0 Å². The van der Waals surface area contributed by atoms with E-state index in [1.54, 1.807) is 6.07 Å². The van der Waals surface area contributed by atoms with Crippen LogP contribution < -0.4 is 5.56 Å². The van der Waals surface area contributed by atoms with E-state index in [0.717, 1.165) is 38.0 Å². The van der Waals surface area contributed by atoms with E-state index in [0.29, 0.717) is 24.3 Å². The fraction of sp³-hybridized carbons (Fsp3) is 0.550. The van der Waals surface area contributed by atoms with Gasteiger partial charge in [0.05, 0.1) is 13.7 Å². The number of ether oxygens (including phenoxy) is 1. The van der Waals surface area contributed by atoms with Crippen molar-refractivity contribution < 1.29 is 13.9 Å². The van der Waals surface area contributed by atoms with Crippen LogP contribution in [0, 0.1) is 5.92 Å². The number of pyridine rings is 1. The van der Waals surface area contributed by atoms with Crippen molar-refractivity contribution in [1.29, 1.82) is 0 Å². The molecule has 27 heavy (non-hydrogen) atoms. The maximum Gasteiger partial charge on any atom is 0.360 e. The standard InChI is InChI=1S/C20H25N3O4/c1-3-5-16-13-8-14(17-6-4-7-19(24)23(16)17)10-22(9-13)11-18-21-15(12-27-18)20(25)26-2/h4,6-7,12-14,16H,3,5,8-11H2,1-2H3/t13-,14+,16-/m0/s1. The van der Waals surface area contributed by atoms with Crippen LogP contribution >= 0.6 is 0 Å². The Bertz CT molecular complexity index is 887. The normalized spacial score (nSPS) is 24.4. The summed E-state index contributed by atoms with van der Waals surface area (Å²) in [6.45, 7) is 4.48. The molecule has 4 rings (SSSR count). The number of nitrogens with zero attached hydrogens (tertiary/aromatic N) is 3. The predicted octanol–water partition coefficient (Wildman–Crippen LogP) is 2.58. The number of methoxy groups -OCH3 is 1. The highest BCUT2D eigenvalue weighted by Crippen LogP contribution is 2.42. The molecule has 2 aromatic heterocycles. The number of oxazole rings is 1. The van der Waals surface area contributed by atoms with E-state index in [-0.39, 0.29) is 17.3 Å². The smallest absolute Gasteiger partial charge is 0.360 e. The molecule has 2 bridgehead atoms. The third kappa shape index (κ3) is 3.32. The van der Waals surface area contributed by atoms with Crippen molar-refractivity contribution in [1.82, 2.24) is 14.5 Å². The zero-order valence-corrected chi connectivity index (χ0v) is 15.8. The number of fused-ring (bicyclic) bond motifs is 4. The quantitative estimate of drug-likeness (QED) is 0.752. The zero-order chi connectivity index (χ0) is 19.0. The van der Waals surface area contributed by atoms with Crippen LogP contribution in [-0.2, 0) is 11.3 Å². The van der Waals surface area contributed by atoms with Gasteiger partial charge in [0, 0.05) is 36.8 Å². The minimum atomic E-state index is -0.489. The summed E-state index contributed by atoms with van der Waals surface area (Å²) in [6, 6.07) is 5.88. The van der Waals surface area contributed by atoms with Crippen molar-refractivity contribution in [3.8, 4) is 0 Å². The predicted molar refractivity (Wildman–Crippen MR) is 98.6 cm³/mol. The van der Waals surface area contributed by atoms with Gasteiger partial charge in [0.15, 0.2) is 5.69 Å². The summed E-state index contributed by atoms with van der Waals surface area (Å²) in [7, 11) is 1.33. The molecule has 0 amide bonds. The van der Waals surface area contributed by atoms with Crippen molar-refractivity contribution in [2.75, 3.05) is 20.2 Å². The Morgan fingerprint density at radius 2 is 2.22 bits per heavy atom. The molecule has 1 saturated heterocycles. The Morgan fingerprint density at radius 3 is 3.00 bits per heavy atom. The minimum absolute atomic E-state index is 0.115. The first-order chi connectivity index (χ1) is 13.1. The molecule has 4 heterocycles. The Balaban J connectivity index is 1.57. The third-order valence-corrected chi connectivity index (χ3v) is 5.76. The third-order valence-electron chi connectivity index (χ3n) is 5.76. The second-order valence-electron chi connectivity index (χ2n) is 7.52. The van der Waals surface area contributed by atoms with Crippen molar-refractivity contribution in [3.05, 3.63) is 52.1 Å². The molecule has 0 unspecified atom stereocenters. The molecule has 7 nitrogen and oxygen atoms in total. The molecule has 0 aromatic carbocycles. The van der Waals surface area contributed by atoms with E-state index in [1.165, 1.54) is 13.4 Å². The van der Waals surface area contributed by atoms with Gasteiger partial charge in [0.25, 0.3) is 5.56 Å². The van der Waals surface area contributed by atoms with Crippen molar-refractivity contribution >= 4 is 5.97 Å². The number of hydrogen-bond acceptors (Lipinski definition) is 6. The summed E-state index contributed by atoms with van der Waals surface area (Å²) in [5, 5.41) is 0. The summed E-state index contributed by atoms with van der Waals surface area (Å²) in [6.07, 6.45) is 4.52. The summed E-state index contributed by atoms with van der Waals surface area (Å²) in [5.41, 5.74) is 1.46. The maximum atomic E-state index is 12.5. The van der Waals surface area contributed by atoms with Crippen LogP contribution in [0.4, 0.5) is 0 Å². The van der Waals surface area contributed by atoms with E-state index >= 15 is 0 Å². The number of hydrogen-bond donors (Lipinski definition) is 0. The van der Waals surface area contributed by atoms with E-state index in [9.17, 15) is 9.59 Å². The highest BCUT2D eigenvalue weighted by molar-refractivity contribution is 5.86. The molecule has 1 fully saturated rings. The van der Waals surface area contributed by atoms with E-state index in [4.69, 9.17) is 4.42 Å². The number of piperidine rings is 1. The molecule has 0 radical (unpaired) electrons. The number of aromatic nitrogens is 2. The molecular formula is C20H25N3O4. The number of likely N-dealkylation sites (tertiary alicyclic amines) is 1. The van der Waals surface area contributed by atoms with Gasteiger partial charge in [-0.25, -0.2) is 9.78 Å². The molecular weight excluding hydrogens is 346 g/mol. The van der Waals surface area contributed by atoms with Gasteiger partial charge in [-0.05, 0) is 24.8 Å². The van der Waals surface area contributed by atoms with Crippen LogP contribution in [0.1, 0.15) is 60.2 Å². The molecule has 3 atom stereocenters. The van der Waals surface area contributed by atoms with Crippen LogP contribution in [-0.4, -0.2) is 40.6 Å². The topological polar surface area (TPSA) is 77.6 Å². The maximum absolute atomic E-state index is 12.5. The van der Waals surface area contributed by atoms with Gasteiger partial charge in [-0.1, -0.05) is 19.4 Å². The summed E-state index contributed by atoms with van der Waals surface area (Å²) < 4.78 is 12.2. The molecule has 144 valence electrons. The van der Waals surface area contributed by atoms with Crippen LogP contribution in [0.25, 0.3) is 0 Å². The average molecular weight is 371 g/mol. The van der Waals surface area contributed by atoms with Crippen molar-refractivity contribution in [2.45, 2.75) is 44.7 Å². The van der Waals surface area contributed by atoms with E-state index in [2.05, 4.69) is 27.6 Å². The largest absolute Gasteiger partial charge is 0.464 e. The molecule has 0 spiro atoms. The highest BCUT2D eigenvalue weighted by Gasteiger charge is 2.40. The summed E-state index contributed by atoms with van der Waals surface area (Å²) in [5.74, 6) is 0.803. The van der Waals surface area contributed by atoms with Crippen molar-refractivity contribution in [3.63, 3.8) is 0 Å². The lowest BCUT2D eigenvalue weighted by atomic mass is 9.77. The molecule has 2 aliphatic rings. The summed E-state index contributed by atoms with van der Waals surface area (Å²) in [4.78, 5) is 30.7. The molecule has 7 heteroatoms. The van der Waals surface area contributed by atoms with Crippen LogP contribution in [0.2, 0.25) is 0 Å². The lowest BCUT2D eigenvalue weighted by Crippen LogP contribution is -2.49. The van der Waals surface area contributed by atoms with E-state index < -0.39 is 5.97 Å². The second-order valence-corrected chi connectivity index (χ2v) is 7.52. The van der Waals surface area contributed by atoms with Gasteiger partial charge in [0.2, 0.25) is 5.89 Å². The average Bonchev–Trinajstić information content (AvgIpc) is 3.13. The first kappa shape index (κ1) is 18.0. The monoisotopic (exact) mass is 371 g/mol. The van der Waals surface area contributed by atoms with Gasteiger partial charge in [-0.2, -0.15) is 0 Å². The van der Waals surface area contributed by atoms with Crippen LogP contribution in [0.15, 0.2) is 33.7 Å². The second kappa shape index (κ2) is 7.31. The first-order valence-corrected chi connectivity index (χ1v) is 9.57. The number of esters is 1. The number of carbonyl (C=O) groups excluding carboxylic acids is 1. The fourth-order valence-corrected chi connectivity index (χ4v) is 4.70. The number of rotatable bonds is 5. The van der Waals surface area contributed by atoms with Gasteiger partial charge in [0.1, 0.15) is 6.26 Å². The SMILES string of the molecule is CCC[C@H]1[C@H]2C[C@H](CN(Cc3nc(C(=O)OC)co3)C2)c2cccc(=O)n21. The van der Waals surface area contributed by atoms with Gasteiger partial charge in [-0.3, -0.25) is 9.69 Å². The van der Waals surface area contributed by atoms with Crippen molar-refractivity contribution in [2.24, 2.45) is 5.92 Å². The minimum Gasteiger partial charge on any atom is -0.464 e. The lowest BCUT2D eigenvalue weighted by molar-refractivity contribution is 0.0593. The number of carbonyl (C=O) groups is 1. The Kier molecular flexibility index (Phi) is 4.86.